The molecular formula is C11H16N2. The lowest BCUT2D eigenvalue weighted by atomic mass is 9.88. The highest BCUT2D eigenvalue weighted by atomic mass is 14.9. The standard InChI is InChI=1S/C11H16N2/c1-3-12-7-9(1)11-6-10-5-8(11)2-4-13-10/h1,3,7-8,10-13H,2,4-6H2. The molecule has 0 aromatic carbocycles. The van der Waals surface area contributed by atoms with Crippen LogP contribution in [0.4, 0.5) is 0 Å². The summed E-state index contributed by atoms with van der Waals surface area (Å²) in [4.78, 5) is 3.17. The molecule has 2 heterocycles. The van der Waals surface area contributed by atoms with Crippen LogP contribution in [0.5, 0.6) is 0 Å². The van der Waals surface area contributed by atoms with Crippen LogP contribution in [-0.2, 0) is 0 Å². The van der Waals surface area contributed by atoms with Crippen LogP contribution >= 0.6 is 0 Å². The Morgan fingerprint density at radius 1 is 1.31 bits per heavy atom. The fourth-order valence-electron chi connectivity index (χ4n) is 3.06. The molecule has 3 unspecified atom stereocenters. The van der Waals surface area contributed by atoms with Crippen LogP contribution in [-0.4, -0.2) is 17.6 Å². The van der Waals surface area contributed by atoms with Gasteiger partial charge in [0, 0.05) is 18.4 Å². The smallest absolute Gasteiger partial charge is 0.00758 e. The van der Waals surface area contributed by atoms with Crippen molar-refractivity contribution in [3.05, 3.63) is 24.0 Å². The Labute approximate surface area is 78.7 Å². The fraction of sp³-hybridized carbons (Fsp3) is 0.636. The summed E-state index contributed by atoms with van der Waals surface area (Å²) in [7, 11) is 0. The van der Waals surface area contributed by atoms with E-state index >= 15 is 0 Å². The molecule has 2 aliphatic rings. The van der Waals surface area contributed by atoms with Gasteiger partial charge < -0.3 is 10.3 Å². The van der Waals surface area contributed by atoms with Crippen molar-refractivity contribution in [2.45, 2.75) is 31.2 Å². The second-order valence-electron chi connectivity index (χ2n) is 4.42. The zero-order chi connectivity index (χ0) is 8.67. The second kappa shape index (κ2) is 2.88. The number of rotatable bonds is 1. The van der Waals surface area contributed by atoms with Crippen LogP contribution in [0, 0.1) is 5.92 Å². The summed E-state index contributed by atoms with van der Waals surface area (Å²) in [6.45, 7) is 1.23. The van der Waals surface area contributed by atoms with Gasteiger partial charge >= 0.3 is 0 Å². The minimum absolute atomic E-state index is 0.804. The maximum Gasteiger partial charge on any atom is 0.00758 e. The maximum absolute atomic E-state index is 3.59. The van der Waals surface area contributed by atoms with E-state index < -0.39 is 0 Å². The van der Waals surface area contributed by atoms with Crippen molar-refractivity contribution < 1.29 is 0 Å². The van der Waals surface area contributed by atoms with Crippen molar-refractivity contribution in [2.24, 2.45) is 5.92 Å². The van der Waals surface area contributed by atoms with Crippen LogP contribution in [0.25, 0.3) is 0 Å². The normalized spacial score (nSPS) is 38.0. The van der Waals surface area contributed by atoms with Crippen molar-refractivity contribution in [3.8, 4) is 0 Å². The molecule has 0 radical (unpaired) electrons. The zero-order valence-corrected chi connectivity index (χ0v) is 7.79. The summed E-state index contributed by atoms with van der Waals surface area (Å²) in [5.74, 6) is 1.77. The van der Waals surface area contributed by atoms with Gasteiger partial charge in [0.05, 0.1) is 0 Å². The van der Waals surface area contributed by atoms with E-state index in [2.05, 4.69) is 22.6 Å². The molecule has 2 N–H and O–H groups in total. The minimum Gasteiger partial charge on any atom is -0.367 e. The third kappa shape index (κ3) is 1.20. The Balaban J connectivity index is 1.86. The Morgan fingerprint density at radius 2 is 2.31 bits per heavy atom. The molecule has 0 amide bonds. The second-order valence-corrected chi connectivity index (χ2v) is 4.42. The van der Waals surface area contributed by atoms with E-state index in [4.69, 9.17) is 0 Å². The minimum atomic E-state index is 0.804. The lowest BCUT2D eigenvalue weighted by Crippen LogP contribution is -2.31. The summed E-state index contributed by atoms with van der Waals surface area (Å²) in [6.07, 6.45) is 8.33. The first-order valence-electron chi connectivity index (χ1n) is 5.29. The quantitative estimate of drug-likeness (QED) is 0.671. The number of piperidine rings is 1. The third-order valence-electron chi connectivity index (χ3n) is 3.69. The molecule has 3 rings (SSSR count). The first kappa shape index (κ1) is 7.63. The highest BCUT2D eigenvalue weighted by Crippen LogP contribution is 2.43. The molecule has 0 spiro atoms. The molecule has 1 aromatic heterocycles. The van der Waals surface area contributed by atoms with Gasteiger partial charge in [-0.1, -0.05) is 0 Å². The first-order valence-corrected chi connectivity index (χ1v) is 5.29. The Kier molecular flexibility index (Phi) is 1.69. The Morgan fingerprint density at radius 3 is 3.08 bits per heavy atom. The maximum atomic E-state index is 3.59. The summed E-state index contributed by atoms with van der Waals surface area (Å²) < 4.78 is 0. The predicted molar refractivity (Wildman–Crippen MR) is 52.7 cm³/mol. The monoisotopic (exact) mass is 176 g/mol. The fourth-order valence-corrected chi connectivity index (χ4v) is 3.06. The zero-order valence-electron chi connectivity index (χ0n) is 7.79. The average Bonchev–Trinajstić information content (AvgIpc) is 2.74. The van der Waals surface area contributed by atoms with E-state index in [1.165, 1.54) is 31.4 Å². The number of aromatic amines is 1. The van der Waals surface area contributed by atoms with Crippen molar-refractivity contribution in [1.82, 2.24) is 10.3 Å². The average molecular weight is 176 g/mol. The summed E-state index contributed by atoms with van der Waals surface area (Å²) >= 11 is 0. The van der Waals surface area contributed by atoms with Gasteiger partial charge in [-0.2, -0.15) is 0 Å². The molecule has 2 bridgehead atoms. The number of fused-ring (bicyclic) bond motifs is 2. The van der Waals surface area contributed by atoms with Crippen LogP contribution in [0.1, 0.15) is 30.7 Å². The molecule has 1 saturated heterocycles. The molecular weight excluding hydrogens is 160 g/mol. The number of H-pyrrole nitrogens is 1. The van der Waals surface area contributed by atoms with Crippen molar-refractivity contribution in [2.75, 3.05) is 6.54 Å². The molecule has 1 aromatic rings. The number of hydrogen-bond donors (Lipinski definition) is 2. The first-order chi connectivity index (χ1) is 6.43. The van der Waals surface area contributed by atoms with Crippen LogP contribution < -0.4 is 5.32 Å². The lowest BCUT2D eigenvalue weighted by molar-refractivity contribution is 0.377. The van der Waals surface area contributed by atoms with Crippen molar-refractivity contribution >= 4 is 0 Å². The summed E-state index contributed by atoms with van der Waals surface area (Å²) in [5, 5.41) is 3.59. The van der Waals surface area contributed by atoms with Gasteiger partial charge in [-0.15, -0.1) is 0 Å². The van der Waals surface area contributed by atoms with Crippen LogP contribution in [0.15, 0.2) is 18.5 Å². The SMILES string of the molecule is c1cc(C2CC3CC2CCN3)c[nH]1. The predicted octanol–water partition coefficient (Wildman–Crippen LogP) is 1.87. The Hall–Kier alpha value is -0.760. The third-order valence-corrected chi connectivity index (χ3v) is 3.69. The Bertz CT molecular complexity index is 278. The van der Waals surface area contributed by atoms with Crippen LogP contribution in [0.2, 0.25) is 0 Å². The van der Waals surface area contributed by atoms with Crippen LogP contribution in [0.3, 0.4) is 0 Å². The summed E-state index contributed by atoms with van der Waals surface area (Å²) in [6, 6.07) is 3.05. The molecule has 13 heavy (non-hydrogen) atoms. The molecule has 2 fully saturated rings. The van der Waals surface area contributed by atoms with E-state index in [9.17, 15) is 0 Å². The highest BCUT2D eigenvalue weighted by molar-refractivity contribution is 5.19. The molecule has 1 aliphatic heterocycles. The van der Waals surface area contributed by atoms with Gasteiger partial charge in [0.2, 0.25) is 0 Å². The highest BCUT2D eigenvalue weighted by Gasteiger charge is 2.37. The molecule has 3 atom stereocenters. The van der Waals surface area contributed by atoms with Crippen molar-refractivity contribution in [1.29, 1.82) is 0 Å². The topological polar surface area (TPSA) is 27.8 Å². The van der Waals surface area contributed by atoms with E-state index in [0.29, 0.717) is 0 Å². The largest absolute Gasteiger partial charge is 0.367 e. The van der Waals surface area contributed by atoms with Gasteiger partial charge in [0.15, 0.2) is 0 Å². The molecule has 70 valence electrons. The van der Waals surface area contributed by atoms with E-state index in [1.54, 1.807) is 0 Å². The van der Waals surface area contributed by atoms with E-state index in [-0.39, 0.29) is 0 Å². The van der Waals surface area contributed by atoms with Crippen molar-refractivity contribution in [3.63, 3.8) is 0 Å². The van der Waals surface area contributed by atoms with Gasteiger partial charge in [0.1, 0.15) is 0 Å². The molecule has 1 aliphatic carbocycles. The van der Waals surface area contributed by atoms with Gasteiger partial charge in [0.25, 0.3) is 0 Å². The number of aromatic nitrogens is 1. The van der Waals surface area contributed by atoms with Gasteiger partial charge in [-0.25, -0.2) is 0 Å². The number of hydrogen-bond acceptors (Lipinski definition) is 1. The molecule has 1 saturated carbocycles. The van der Waals surface area contributed by atoms with E-state index in [0.717, 1.165) is 17.9 Å². The van der Waals surface area contributed by atoms with Gasteiger partial charge in [-0.05, 0) is 49.3 Å². The van der Waals surface area contributed by atoms with E-state index in [1.807, 2.05) is 6.20 Å². The van der Waals surface area contributed by atoms with Gasteiger partial charge in [-0.3, -0.25) is 0 Å². The molecule has 2 nitrogen and oxygen atoms in total. The summed E-state index contributed by atoms with van der Waals surface area (Å²) in [5.41, 5.74) is 1.52. The number of nitrogens with one attached hydrogen (secondary N) is 2. The lowest BCUT2D eigenvalue weighted by Gasteiger charge is -2.21. The molecule has 2 heteroatoms.